The average molecular weight is 219 g/mol. The molecule has 0 aliphatic rings. The summed E-state index contributed by atoms with van der Waals surface area (Å²) < 4.78 is 0. The molecular weight excluding hydrogens is 206 g/mol. The van der Waals surface area contributed by atoms with Gasteiger partial charge in [0.15, 0.2) is 0 Å². The number of tetrazole rings is 1. The minimum absolute atomic E-state index is 0.494. The van der Waals surface area contributed by atoms with Crippen LogP contribution in [0.5, 0.6) is 0 Å². The fraction of sp³-hybridized carbons (Fsp3) is 0.300. The van der Waals surface area contributed by atoms with E-state index >= 15 is 0 Å². The molecule has 1 aromatic heterocycles. The first-order chi connectivity index (χ1) is 7.65. The summed E-state index contributed by atoms with van der Waals surface area (Å²) in [6.07, 6.45) is 0. The number of nitrogens with zero attached hydrogens (tertiary/aromatic N) is 5. The second-order valence-electron chi connectivity index (χ2n) is 3.62. The Morgan fingerprint density at radius 3 is 2.50 bits per heavy atom. The maximum Gasteiger partial charge on any atom is 0.204 e. The van der Waals surface area contributed by atoms with Crippen LogP contribution in [0.25, 0.3) is 11.4 Å². The Morgan fingerprint density at radius 1 is 1.31 bits per heavy atom. The van der Waals surface area contributed by atoms with Crippen molar-refractivity contribution in [3.05, 3.63) is 29.8 Å². The van der Waals surface area contributed by atoms with Crippen LogP contribution < -0.4 is 0 Å². The summed E-state index contributed by atoms with van der Waals surface area (Å²) in [5, 5.41) is 22.0. The van der Waals surface area contributed by atoms with Gasteiger partial charge in [0.25, 0.3) is 0 Å². The van der Waals surface area contributed by atoms with Crippen molar-refractivity contribution in [2.24, 2.45) is 7.05 Å². The number of benzene rings is 1. The highest BCUT2D eigenvalue weighted by atomic mass is 16.5. The van der Waals surface area contributed by atoms with E-state index in [0.717, 1.165) is 16.2 Å². The molecule has 0 radical (unpaired) electrons. The molecule has 0 bridgehead atoms. The van der Waals surface area contributed by atoms with Crippen molar-refractivity contribution in [1.29, 1.82) is 0 Å². The average Bonchev–Trinajstić information content (AvgIpc) is 2.65. The van der Waals surface area contributed by atoms with Crippen LogP contribution in [0.4, 0.5) is 0 Å². The first kappa shape index (κ1) is 10.7. The minimum Gasteiger partial charge on any atom is -0.314 e. The third-order valence-electron chi connectivity index (χ3n) is 2.13. The zero-order valence-electron chi connectivity index (χ0n) is 9.20. The number of hydrogen-bond acceptors (Lipinski definition) is 5. The van der Waals surface area contributed by atoms with Crippen molar-refractivity contribution in [2.45, 2.75) is 6.54 Å². The number of rotatable bonds is 3. The molecule has 2 aromatic rings. The molecule has 0 aliphatic heterocycles. The molecule has 0 unspecified atom stereocenters. The van der Waals surface area contributed by atoms with Crippen molar-refractivity contribution < 1.29 is 5.21 Å². The minimum atomic E-state index is 0.494. The lowest BCUT2D eigenvalue weighted by atomic mass is 10.1. The van der Waals surface area contributed by atoms with Crippen LogP contribution in [0.1, 0.15) is 5.56 Å². The summed E-state index contributed by atoms with van der Waals surface area (Å²) in [5.41, 5.74) is 1.94. The molecule has 0 fully saturated rings. The summed E-state index contributed by atoms with van der Waals surface area (Å²) >= 11 is 0. The molecule has 1 heterocycles. The molecule has 16 heavy (non-hydrogen) atoms. The predicted octanol–water partition coefficient (Wildman–Crippen LogP) is 0.698. The van der Waals surface area contributed by atoms with Gasteiger partial charge in [0.05, 0.1) is 7.05 Å². The molecule has 0 aliphatic carbocycles. The lowest BCUT2D eigenvalue weighted by molar-refractivity contribution is -0.0731. The third-order valence-corrected chi connectivity index (χ3v) is 2.13. The van der Waals surface area contributed by atoms with Crippen LogP contribution in [0.15, 0.2) is 24.3 Å². The second kappa shape index (κ2) is 4.38. The topological polar surface area (TPSA) is 67.1 Å². The molecule has 0 spiro atoms. The zero-order valence-corrected chi connectivity index (χ0v) is 9.20. The Bertz CT molecular complexity index is 462. The largest absolute Gasteiger partial charge is 0.314 e. The highest BCUT2D eigenvalue weighted by Gasteiger charge is 2.04. The Morgan fingerprint density at radius 2 is 2.00 bits per heavy atom. The maximum atomic E-state index is 9.09. The van der Waals surface area contributed by atoms with Crippen LogP contribution in [-0.4, -0.2) is 37.5 Å². The van der Waals surface area contributed by atoms with Crippen LogP contribution >= 0.6 is 0 Å². The van der Waals surface area contributed by atoms with E-state index in [1.54, 1.807) is 14.1 Å². The number of aromatic nitrogens is 4. The van der Waals surface area contributed by atoms with E-state index in [4.69, 9.17) is 5.21 Å². The SMILES string of the molecule is CN(O)Cc1ccc(-c2nnn(C)n2)cc1. The van der Waals surface area contributed by atoms with Crippen LogP contribution in [0, 0.1) is 0 Å². The Kier molecular flexibility index (Phi) is 2.93. The van der Waals surface area contributed by atoms with Crippen molar-refractivity contribution in [2.75, 3.05) is 7.05 Å². The predicted molar refractivity (Wildman–Crippen MR) is 57.5 cm³/mol. The molecule has 1 aromatic carbocycles. The van der Waals surface area contributed by atoms with Gasteiger partial charge >= 0.3 is 0 Å². The lowest BCUT2D eigenvalue weighted by Crippen LogP contribution is -2.11. The summed E-state index contributed by atoms with van der Waals surface area (Å²) in [6, 6.07) is 7.68. The first-order valence-corrected chi connectivity index (χ1v) is 4.88. The van der Waals surface area contributed by atoms with E-state index in [-0.39, 0.29) is 0 Å². The maximum absolute atomic E-state index is 9.09. The van der Waals surface area contributed by atoms with Gasteiger partial charge in [-0.3, -0.25) is 0 Å². The molecule has 0 saturated heterocycles. The fourth-order valence-corrected chi connectivity index (χ4v) is 1.42. The molecule has 0 atom stereocenters. The van der Waals surface area contributed by atoms with E-state index in [9.17, 15) is 0 Å². The fourth-order valence-electron chi connectivity index (χ4n) is 1.42. The standard InChI is InChI=1S/C10H13N5O/c1-14(16)7-8-3-5-9(6-4-8)10-11-13-15(2)12-10/h3-6,16H,7H2,1-2H3. The van der Waals surface area contributed by atoms with Gasteiger partial charge in [-0.15, -0.1) is 10.2 Å². The summed E-state index contributed by atoms with van der Waals surface area (Å²) in [5.74, 6) is 0.603. The number of aryl methyl sites for hydroxylation is 1. The van der Waals surface area contributed by atoms with Crippen molar-refractivity contribution in [3.63, 3.8) is 0 Å². The Hall–Kier alpha value is -1.79. The van der Waals surface area contributed by atoms with Gasteiger partial charge in [-0.25, -0.2) is 0 Å². The van der Waals surface area contributed by atoms with E-state index in [2.05, 4.69) is 15.4 Å². The summed E-state index contributed by atoms with van der Waals surface area (Å²) in [6.45, 7) is 0.494. The van der Waals surface area contributed by atoms with Gasteiger partial charge in [-0.2, -0.15) is 9.86 Å². The number of hydroxylamine groups is 2. The van der Waals surface area contributed by atoms with E-state index < -0.39 is 0 Å². The highest BCUT2D eigenvalue weighted by molar-refractivity contribution is 5.54. The second-order valence-corrected chi connectivity index (χ2v) is 3.62. The van der Waals surface area contributed by atoms with Crippen LogP contribution in [0.2, 0.25) is 0 Å². The van der Waals surface area contributed by atoms with Gasteiger partial charge in [0.2, 0.25) is 5.82 Å². The van der Waals surface area contributed by atoms with E-state index in [0.29, 0.717) is 12.4 Å². The van der Waals surface area contributed by atoms with Gasteiger partial charge in [-0.05, 0) is 10.8 Å². The van der Waals surface area contributed by atoms with Crippen molar-refractivity contribution >= 4 is 0 Å². The Balaban J connectivity index is 2.19. The molecule has 6 nitrogen and oxygen atoms in total. The first-order valence-electron chi connectivity index (χ1n) is 4.88. The van der Waals surface area contributed by atoms with Gasteiger partial charge < -0.3 is 5.21 Å². The molecule has 0 amide bonds. The quantitative estimate of drug-likeness (QED) is 0.769. The summed E-state index contributed by atoms with van der Waals surface area (Å²) in [4.78, 5) is 1.42. The monoisotopic (exact) mass is 219 g/mol. The Labute approximate surface area is 93.1 Å². The zero-order chi connectivity index (χ0) is 11.5. The van der Waals surface area contributed by atoms with Crippen molar-refractivity contribution in [1.82, 2.24) is 25.3 Å². The van der Waals surface area contributed by atoms with Gasteiger partial charge in [-0.1, -0.05) is 24.3 Å². The van der Waals surface area contributed by atoms with Crippen molar-refractivity contribution in [3.8, 4) is 11.4 Å². The number of hydrogen-bond donors (Lipinski definition) is 1. The van der Waals surface area contributed by atoms with Gasteiger partial charge in [0.1, 0.15) is 0 Å². The highest BCUT2D eigenvalue weighted by Crippen LogP contribution is 2.14. The molecule has 0 saturated carbocycles. The molecule has 1 N–H and O–H groups in total. The van der Waals surface area contributed by atoms with E-state index in [1.807, 2.05) is 24.3 Å². The van der Waals surface area contributed by atoms with E-state index in [1.165, 1.54) is 4.80 Å². The molecule has 6 heteroatoms. The molecule has 84 valence electrons. The summed E-state index contributed by atoms with van der Waals surface area (Å²) in [7, 11) is 3.34. The van der Waals surface area contributed by atoms with Crippen LogP contribution in [-0.2, 0) is 13.6 Å². The smallest absolute Gasteiger partial charge is 0.204 e. The van der Waals surface area contributed by atoms with Gasteiger partial charge in [0, 0.05) is 19.2 Å². The third kappa shape index (κ3) is 2.41. The lowest BCUT2D eigenvalue weighted by Gasteiger charge is -2.07. The van der Waals surface area contributed by atoms with Crippen LogP contribution in [0.3, 0.4) is 0 Å². The molecular formula is C10H13N5O. The normalized spacial score (nSPS) is 11.0. The molecule has 2 rings (SSSR count).